The van der Waals surface area contributed by atoms with E-state index in [-0.39, 0.29) is 12.7 Å². The molecule has 2 N–H and O–H groups in total. The number of hydrogen-bond acceptors (Lipinski definition) is 3. The summed E-state index contributed by atoms with van der Waals surface area (Å²) in [5, 5.41) is 2.88. The second-order valence-corrected chi connectivity index (χ2v) is 4.29. The van der Waals surface area contributed by atoms with Gasteiger partial charge in [-0.3, -0.25) is 4.79 Å². The lowest BCUT2D eigenvalue weighted by molar-refractivity contribution is 0.0953. The van der Waals surface area contributed by atoms with Crippen molar-refractivity contribution in [1.29, 1.82) is 0 Å². The number of carbonyl (C=O) groups excluding carboxylic acids is 1. The van der Waals surface area contributed by atoms with Gasteiger partial charge in [0.2, 0.25) is 6.79 Å². The van der Waals surface area contributed by atoms with Crippen molar-refractivity contribution in [2.75, 3.05) is 13.3 Å². The Bertz CT molecular complexity index is 578. The molecule has 5 heteroatoms. The fourth-order valence-corrected chi connectivity index (χ4v) is 1.97. The maximum Gasteiger partial charge on any atom is 0.251 e. The summed E-state index contributed by atoms with van der Waals surface area (Å²) in [7, 11) is 0. The standard InChI is InChI=1S/C14H14N2O3/c17-14(16-6-4-10-3-5-15-8-10)11-1-2-12-13(7-11)19-9-18-12/h1-3,5,7-8,15H,4,6,9H2,(H,16,17). The van der Waals surface area contributed by atoms with Crippen LogP contribution < -0.4 is 14.8 Å². The van der Waals surface area contributed by atoms with Gasteiger partial charge in [0.1, 0.15) is 0 Å². The van der Waals surface area contributed by atoms with Crippen LogP contribution in [0.1, 0.15) is 15.9 Å². The van der Waals surface area contributed by atoms with E-state index in [4.69, 9.17) is 9.47 Å². The number of nitrogens with one attached hydrogen (secondary N) is 2. The van der Waals surface area contributed by atoms with Crippen molar-refractivity contribution in [2.24, 2.45) is 0 Å². The number of carbonyl (C=O) groups is 1. The zero-order valence-corrected chi connectivity index (χ0v) is 10.3. The van der Waals surface area contributed by atoms with E-state index in [0.29, 0.717) is 23.6 Å². The van der Waals surface area contributed by atoms with Crippen LogP contribution in [0.3, 0.4) is 0 Å². The maximum absolute atomic E-state index is 12.0. The van der Waals surface area contributed by atoms with Crippen molar-refractivity contribution in [2.45, 2.75) is 6.42 Å². The molecule has 2 heterocycles. The van der Waals surface area contributed by atoms with Crippen LogP contribution in [0.4, 0.5) is 0 Å². The van der Waals surface area contributed by atoms with Crippen LogP contribution in [0.15, 0.2) is 36.7 Å². The van der Waals surface area contributed by atoms with Gasteiger partial charge >= 0.3 is 0 Å². The molecule has 3 rings (SSSR count). The maximum atomic E-state index is 12.0. The summed E-state index contributed by atoms with van der Waals surface area (Å²) in [4.78, 5) is 14.9. The van der Waals surface area contributed by atoms with Gasteiger partial charge in [0.25, 0.3) is 5.91 Å². The Labute approximate surface area is 110 Å². The third-order valence-electron chi connectivity index (χ3n) is 3.00. The van der Waals surface area contributed by atoms with Gasteiger partial charge in [0.15, 0.2) is 11.5 Å². The average molecular weight is 258 g/mol. The van der Waals surface area contributed by atoms with E-state index in [2.05, 4.69) is 10.3 Å². The summed E-state index contributed by atoms with van der Waals surface area (Å²) in [6, 6.07) is 7.18. The van der Waals surface area contributed by atoms with Crippen molar-refractivity contribution in [1.82, 2.24) is 10.3 Å². The lowest BCUT2D eigenvalue weighted by atomic mass is 10.2. The molecule has 1 aromatic heterocycles. The van der Waals surface area contributed by atoms with Crippen molar-refractivity contribution in [3.63, 3.8) is 0 Å². The monoisotopic (exact) mass is 258 g/mol. The first-order valence-electron chi connectivity index (χ1n) is 6.12. The first-order valence-corrected chi connectivity index (χ1v) is 6.12. The molecule has 0 radical (unpaired) electrons. The van der Waals surface area contributed by atoms with E-state index in [0.717, 1.165) is 6.42 Å². The van der Waals surface area contributed by atoms with Gasteiger partial charge in [0.05, 0.1) is 0 Å². The number of aromatic amines is 1. The number of rotatable bonds is 4. The SMILES string of the molecule is O=C(NCCc1cc[nH]c1)c1ccc2c(c1)OCO2. The summed E-state index contributed by atoms with van der Waals surface area (Å²) in [5.74, 6) is 1.20. The summed E-state index contributed by atoms with van der Waals surface area (Å²) in [5.41, 5.74) is 1.75. The highest BCUT2D eigenvalue weighted by Gasteiger charge is 2.15. The Morgan fingerprint density at radius 2 is 2.16 bits per heavy atom. The van der Waals surface area contributed by atoms with E-state index < -0.39 is 0 Å². The molecule has 98 valence electrons. The molecule has 0 unspecified atom stereocenters. The highest BCUT2D eigenvalue weighted by atomic mass is 16.7. The normalized spacial score (nSPS) is 12.4. The third kappa shape index (κ3) is 2.54. The molecule has 0 saturated carbocycles. The Balaban J connectivity index is 1.58. The third-order valence-corrected chi connectivity index (χ3v) is 3.00. The Morgan fingerprint density at radius 1 is 1.26 bits per heavy atom. The number of amides is 1. The summed E-state index contributed by atoms with van der Waals surface area (Å²) in [6.45, 7) is 0.818. The van der Waals surface area contributed by atoms with E-state index in [1.807, 2.05) is 18.5 Å². The number of fused-ring (bicyclic) bond motifs is 1. The predicted molar refractivity (Wildman–Crippen MR) is 69.4 cm³/mol. The molecule has 5 nitrogen and oxygen atoms in total. The van der Waals surface area contributed by atoms with Crippen molar-refractivity contribution in [3.05, 3.63) is 47.8 Å². The van der Waals surface area contributed by atoms with Crippen molar-refractivity contribution >= 4 is 5.91 Å². The molecular weight excluding hydrogens is 244 g/mol. The minimum absolute atomic E-state index is 0.103. The smallest absolute Gasteiger partial charge is 0.251 e. The van der Waals surface area contributed by atoms with Gasteiger partial charge in [-0.15, -0.1) is 0 Å². The second-order valence-electron chi connectivity index (χ2n) is 4.29. The number of aromatic nitrogens is 1. The lowest BCUT2D eigenvalue weighted by Crippen LogP contribution is -2.25. The quantitative estimate of drug-likeness (QED) is 0.877. The zero-order valence-electron chi connectivity index (χ0n) is 10.3. The van der Waals surface area contributed by atoms with Crippen LogP contribution >= 0.6 is 0 Å². The summed E-state index contributed by atoms with van der Waals surface area (Å²) >= 11 is 0. The van der Waals surface area contributed by atoms with Crippen LogP contribution in [0, 0.1) is 0 Å². The van der Waals surface area contributed by atoms with E-state index in [9.17, 15) is 4.79 Å². The molecule has 19 heavy (non-hydrogen) atoms. The van der Waals surface area contributed by atoms with E-state index in [1.54, 1.807) is 18.2 Å². The molecule has 0 spiro atoms. The predicted octanol–water partition coefficient (Wildman–Crippen LogP) is 1.72. The molecule has 1 aliphatic rings. The Morgan fingerprint density at radius 3 is 3.00 bits per heavy atom. The zero-order chi connectivity index (χ0) is 13.1. The Kier molecular flexibility index (Phi) is 3.10. The number of H-pyrrole nitrogens is 1. The molecule has 0 bridgehead atoms. The molecule has 2 aromatic rings. The fourth-order valence-electron chi connectivity index (χ4n) is 1.97. The largest absolute Gasteiger partial charge is 0.454 e. The van der Waals surface area contributed by atoms with Gasteiger partial charge < -0.3 is 19.8 Å². The first-order chi connectivity index (χ1) is 9.33. The molecular formula is C14H14N2O3. The minimum Gasteiger partial charge on any atom is -0.454 e. The molecule has 0 fully saturated rings. The fraction of sp³-hybridized carbons (Fsp3) is 0.214. The molecule has 1 aliphatic heterocycles. The molecule has 1 aromatic carbocycles. The van der Waals surface area contributed by atoms with Gasteiger partial charge in [-0.2, -0.15) is 0 Å². The number of ether oxygens (including phenoxy) is 2. The first kappa shape index (κ1) is 11.6. The summed E-state index contributed by atoms with van der Waals surface area (Å²) in [6.07, 6.45) is 4.60. The lowest BCUT2D eigenvalue weighted by Gasteiger charge is -2.05. The Hall–Kier alpha value is -2.43. The topological polar surface area (TPSA) is 63.4 Å². The van der Waals surface area contributed by atoms with Crippen LogP contribution in [0.25, 0.3) is 0 Å². The minimum atomic E-state index is -0.103. The number of benzene rings is 1. The van der Waals surface area contributed by atoms with Crippen molar-refractivity contribution < 1.29 is 14.3 Å². The van der Waals surface area contributed by atoms with E-state index in [1.165, 1.54) is 5.56 Å². The number of hydrogen-bond donors (Lipinski definition) is 2. The van der Waals surface area contributed by atoms with Crippen LogP contribution in [0.2, 0.25) is 0 Å². The second kappa shape index (κ2) is 5.06. The molecule has 1 amide bonds. The summed E-state index contributed by atoms with van der Waals surface area (Å²) < 4.78 is 10.5. The van der Waals surface area contributed by atoms with E-state index >= 15 is 0 Å². The van der Waals surface area contributed by atoms with Crippen LogP contribution in [0.5, 0.6) is 11.5 Å². The molecule has 0 atom stereocenters. The highest BCUT2D eigenvalue weighted by molar-refractivity contribution is 5.94. The van der Waals surface area contributed by atoms with Crippen LogP contribution in [-0.4, -0.2) is 24.2 Å². The van der Waals surface area contributed by atoms with Gasteiger partial charge in [-0.25, -0.2) is 0 Å². The van der Waals surface area contributed by atoms with Crippen LogP contribution in [-0.2, 0) is 6.42 Å². The molecule has 0 saturated heterocycles. The van der Waals surface area contributed by atoms with Gasteiger partial charge in [0, 0.05) is 24.5 Å². The van der Waals surface area contributed by atoms with Gasteiger partial charge in [-0.1, -0.05) is 0 Å². The molecule has 0 aliphatic carbocycles. The van der Waals surface area contributed by atoms with Crippen molar-refractivity contribution in [3.8, 4) is 11.5 Å². The highest BCUT2D eigenvalue weighted by Crippen LogP contribution is 2.32. The average Bonchev–Trinajstić information content (AvgIpc) is 3.08. The van der Waals surface area contributed by atoms with Gasteiger partial charge in [-0.05, 0) is 36.2 Å².